The standard InChI is InChI=1S/C19H24N2O2S/c1-13-18(14(2)23-21-13)11-12-19(22)20-15-7-9-17(10-8-15)24-16-5-3-4-6-16/h7-10,16H,3-6,11-12H2,1-2H3,(H,20,22). The van der Waals surface area contributed by atoms with Crippen molar-refractivity contribution in [3.63, 3.8) is 0 Å². The minimum Gasteiger partial charge on any atom is -0.361 e. The highest BCUT2D eigenvalue weighted by molar-refractivity contribution is 8.00. The molecule has 0 saturated heterocycles. The van der Waals surface area contributed by atoms with Gasteiger partial charge in [-0.25, -0.2) is 0 Å². The van der Waals surface area contributed by atoms with E-state index >= 15 is 0 Å². The van der Waals surface area contributed by atoms with Gasteiger partial charge in [0.25, 0.3) is 0 Å². The van der Waals surface area contributed by atoms with Gasteiger partial charge in [-0.2, -0.15) is 0 Å². The van der Waals surface area contributed by atoms with Gasteiger partial charge in [0.15, 0.2) is 0 Å². The van der Waals surface area contributed by atoms with Gasteiger partial charge >= 0.3 is 0 Å². The first kappa shape index (κ1) is 17.1. The normalized spacial score (nSPS) is 14.9. The highest BCUT2D eigenvalue weighted by Gasteiger charge is 2.16. The van der Waals surface area contributed by atoms with Crippen LogP contribution in [0.3, 0.4) is 0 Å². The Balaban J connectivity index is 1.49. The fourth-order valence-electron chi connectivity index (χ4n) is 3.14. The minimum atomic E-state index is 0.0196. The molecule has 1 saturated carbocycles. The van der Waals surface area contributed by atoms with Gasteiger partial charge in [0.1, 0.15) is 5.76 Å². The number of amides is 1. The molecule has 0 aliphatic heterocycles. The number of rotatable bonds is 6. The first-order valence-corrected chi connectivity index (χ1v) is 9.48. The van der Waals surface area contributed by atoms with Crippen LogP contribution < -0.4 is 5.32 Å². The number of nitrogens with one attached hydrogen (secondary N) is 1. The van der Waals surface area contributed by atoms with E-state index in [-0.39, 0.29) is 5.91 Å². The first-order valence-electron chi connectivity index (χ1n) is 8.60. The molecule has 4 nitrogen and oxygen atoms in total. The molecule has 128 valence electrons. The molecule has 3 rings (SSSR count). The Kier molecular flexibility index (Phi) is 5.61. The molecule has 0 radical (unpaired) electrons. The number of aryl methyl sites for hydroxylation is 2. The Labute approximate surface area is 147 Å². The maximum atomic E-state index is 12.1. The van der Waals surface area contributed by atoms with Gasteiger partial charge in [-0.3, -0.25) is 4.79 Å². The van der Waals surface area contributed by atoms with E-state index in [9.17, 15) is 4.79 Å². The molecule has 0 spiro atoms. The molecule has 1 aliphatic rings. The van der Waals surface area contributed by atoms with E-state index in [0.29, 0.717) is 12.8 Å². The molecule has 0 bridgehead atoms. The van der Waals surface area contributed by atoms with Crippen molar-refractivity contribution in [1.82, 2.24) is 5.16 Å². The zero-order valence-corrected chi connectivity index (χ0v) is 15.1. The minimum absolute atomic E-state index is 0.0196. The molecule has 1 N–H and O–H groups in total. The van der Waals surface area contributed by atoms with Gasteiger partial charge < -0.3 is 9.84 Å². The number of benzene rings is 1. The third kappa shape index (κ3) is 4.41. The van der Waals surface area contributed by atoms with Crippen molar-refractivity contribution in [2.75, 3.05) is 5.32 Å². The highest BCUT2D eigenvalue weighted by Crippen LogP contribution is 2.34. The average molecular weight is 344 g/mol. The Morgan fingerprint density at radius 2 is 1.96 bits per heavy atom. The average Bonchev–Trinajstić information content (AvgIpc) is 3.18. The molecule has 5 heteroatoms. The van der Waals surface area contributed by atoms with Crippen LogP contribution in [-0.2, 0) is 11.2 Å². The molecule has 1 heterocycles. The highest BCUT2D eigenvalue weighted by atomic mass is 32.2. The predicted molar refractivity (Wildman–Crippen MR) is 97.5 cm³/mol. The van der Waals surface area contributed by atoms with Crippen LogP contribution in [0.15, 0.2) is 33.7 Å². The van der Waals surface area contributed by atoms with E-state index in [0.717, 1.165) is 28.0 Å². The van der Waals surface area contributed by atoms with Crippen LogP contribution in [0.1, 0.15) is 49.1 Å². The molecule has 0 unspecified atom stereocenters. The lowest BCUT2D eigenvalue weighted by Crippen LogP contribution is -2.12. The summed E-state index contributed by atoms with van der Waals surface area (Å²) >= 11 is 1.96. The second-order valence-corrected chi connectivity index (χ2v) is 7.77. The number of hydrogen-bond donors (Lipinski definition) is 1. The van der Waals surface area contributed by atoms with Gasteiger partial charge in [0.05, 0.1) is 5.69 Å². The summed E-state index contributed by atoms with van der Waals surface area (Å²) in [4.78, 5) is 13.4. The smallest absolute Gasteiger partial charge is 0.224 e. The largest absolute Gasteiger partial charge is 0.361 e. The van der Waals surface area contributed by atoms with E-state index in [4.69, 9.17) is 4.52 Å². The van der Waals surface area contributed by atoms with Crippen LogP contribution in [0.25, 0.3) is 0 Å². The van der Waals surface area contributed by atoms with E-state index < -0.39 is 0 Å². The summed E-state index contributed by atoms with van der Waals surface area (Å²) in [5.41, 5.74) is 2.76. The van der Waals surface area contributed by atoms with Crippen LogP contribution in [-0.4, -0.2) is 16.3 Å². The number of nitrogens with zero attached hydrogens (tertiary/aromatic N) is 1. The molecule has 2 aromatic rings. The fourth-order valence-corrected chi connectivity index (χ4v) is 4.38. The second kappa shape index (κ2) is 7.88. The van der Waals surface area contributed by atoms with Crippen molar-refractivity contribution in [3.05, 3.63) is 41.3 Å². The molecule has 1 aromatic carbocycles. The van der Waals surface area contributed by atoms with Crippen LogP contribution in [0.4, 0.5) is 5.69 Å². The summed E-state index contributed by atoms with van der Waals surface area (Å²) in [5, 5.41) is 7.65. The van der Waals surface area contributed by atoms with Crippen LogP contribution in [0.5, 0.6) is 0 Å². The quantitative estimate of drug-likeness (QED) is 0.810. The molecular formula is C19H24N2O2S. The topological polar surface area (TPSA) is 55.1 Å². The zero-order valence-electron chi connectivity index (χ0n) is 14.3. The van der Waals surface area contributed by atoms with Gasteiger partial charge in [-0.05, 0) is 57.4 Å². The van der Waals surface area contributed by atoms with Gasteiger partial charge in [0, 0.05) is 27.8 Å². The molecule has 1 aromatic heterocycles. The maximum Gasteiger partial charge on any atom is 0.224 e. The number of hydrogen-bond acceptors (Lipinski definition) is 4. The van der Waals surface area contributed by atoms with E-state index in [1.54, 1.807) is 0 Å². The molecule has 1 amide bonds. The molecule has 1 aliphatic carbocycles. The molecule has 1 fully saturated rings. The van der Waals surface area contributed by atoms with Gasteiger partial charge in [0.2, 0.25) is 5.91 Å². The Hall–Kier alpha value is -1.75. The number of anilines is 1. The third-order valence-electron chi connectivity index (χ3n) is 4.53. The maximum absolute atomic E-state index is 12.1. The van der Waals surface area contributed by atoms with Crippen molar-refractivity contribution in [3.8, 4) is 0 Å². The lowest BCUT2D eigenvalue weighted by atomic mass is 10.1. The van der Waals surface area contributed by atoms with E-state index in [1.807, 2.05) is 37.7 Å². The molecule has 0 atom stereocenters. The Morgan fingerprint density at radius 1 is 1.25 bits per heavy atom. The van der Waals surface area contributed by atoms with Crippen LogP contribution >= 0.6 is 11.8 Å². The summed E-state index contributed by atoms with van der Waals surface area (Å²) < 4.78 is 5.13. The van der Waals surface area contributed by atoms with Crippen molar-refractivity contribution >= 4 is 23.4 Å². The predicted octanol–water partition coefficient (Wildman–Crippen LogP) is 4.90. The van der Waals surface area contributed by atoms with E-state index in [2.05, 4.69) is 22.6 Å². The summed E-state index contributed by atoms with van der Waals surface area (Å²) in [6.45, 7) is 3.79. The van der Waals surface area contributed by atoms with Crippen molar-refractivity contribution in [1.29, 1.82) is 0 Å². The third-order valence-corrected chi connectivity index (χ3v) is 5.88. The summed E-state index contributed by atoms with van der Waals surface area (Å²) in [6.07, 6.45) is 6.45. The van der Waals surface area contributed by atoms with Crippen LogP contribution in [0, 0.1) is 13.8 Å². The second-order valence-electron chi connectivity index (χ2n) is 6.40. The Bertz CT molecular complexity index is 668. The monoisotopic (exact) mass is 344 g/mol. The number of carbonyl (C=O) groups excluding carboxylic acids is 1. The summed E-state index contributed by atoms with van der Waals surface area (Å²) in [6, 6.07) is 8.19. The lowest BCUT2D eigenvalue weighted by molar-refractivity contribution is -0.116. The van der Waals surface area contributed by atoms with Crippen molar-refractivity contribution in [2.24, 2.45) is 0 Å². The zero-order chi connectivity index (χ0) is 16.9. The van der Waals surface area contributed by atoms with Crippen molar-refractivity contribution < 1.29 is 9.32 Å². The van der Waals surface area contributed by atoms with E-state index in [1.165, 1.54) is 30.6 Å². The molecular weight excluding hydrogens is 320 g/mol. The van der Waals surface area contributed by atoms with Gasteiger partial charge in [-0.15, -0.1) is 11.8 Å². The fraction of sp³-hybridized carbons (Fsp3) is 0.474. The number of carbonyl (C=O) groups is 1. The summed E-state index contributed by atoms with van der Waals surface area (Å²) in [7, 11) is 0. The van der Waals surface area contributed by atoms with Gasteiger partial charge in [-0.1, -0.05) is 18.0 Å². The Morgan fingerprint density at radius 3 is 2.58 bits per heavy atom. The summed E-state index contributed by atoms with van der Waals surface area (Å²) in [5.74, 6) is 0.819. The SMILES string of the molecule is Cc1noc(C)c1CCC(=O)Nc1ccc(SC2CCCC2)cc1. The van der Waals surface area contributed by atoms with Crippen molar-refractivity contribution in [2.45, 2.75) is 62.5 Å². The lowest BCUT2D eigenvalue weighted by Gasteiger charge is -2.10. The molecule has 24 heavy (non-hydrogen) atoms. The number of aromatic nitrogens is 1. The first-order chi connectivity index (χ1) is 11.6. The number of thioether (sulfide) groups is 1. The van der Waals surface area contributed by atoms with Crippen LogP contribution in [0.2, 0.25) is 0 Å².